The number of hydrogen-bond donors (Lipinski definition) is 1. The Bertz CT molecular complexity index is 954. The van der Waals surface area contributed by atoms with Crippen LogP contribution in [0, 0.1) is 0 Å². The minimum Gasteiger partial charge on any atom is -0.481 e. The number of para-hydroxylation sites is 1. The van der Waals surface area contributed by atoms with Gasteiger partial charge in [-0.1, -0.05) is 55.5 Å². The topological polar surface area (TPSA) is 64.6 Å². The van der Waals surface area contributed by atoms with Gasteiger partial charge in [-0.15, -0.1) is 11.3 Å². The molecule has 1 heterocycles. The van der Waals surface area contributed by atoms with E-state index in [1.165, 1.54) is 11.3 Å². The quantitative estimate of drug-likeness (QED) is 0.507. The van der Waals surface area contributed by atoms with Crippen LogP contribution in [0.1, 0.15) is 30.6 Å². The minimum atomic E-state index is -0.672. The molecule has 0 fully saturated rings. The van der Waals surface area contributed by atoms with E-state index in [1.54, 1.807) is 19.1 Å². The maximum Gasteiger partial charge on any atom is 0.341 e. The number of carbonyl (C=O) groups excluding carboxylic acids is 2. The van der Waals surface area contributed by atoms with Gasteiger partial charge >= 0.3 is 5.97 Å². The summed E-state index contributed by atoms with van der Waals surface area (Å²) in [6.45, 7) is 3.89. The molecule has 0 aliphatic heterocycles. The van der Waals surface area contributed by atoms with Crippen molar-refractivity contribution in [3.05, 3.63) is 71.6 Å². The summed E-state index contributed by atoms with van der Waals surface area (Å²) in [6, 6.07) is 18.8. The third kappa shape index (κ3) is 5.03. The summed E-state index contributed by atoms with van der Waals surface area (Å²) in [5.41, 5.74) is 1.99. The second-order valence-electron chi connectivity index (χ2n) is 6.26. The smallest absolute Gasteiger partial charge is 0.341 e. The maximum absolute atomic E-state index is 12.8. The maximum atomic E-state index is 12.8. The second-order valence-corrected chi connectivity index (χ2v) is 7.14. The van der Waals surface area contributed by atoms with Gasteiger partial charge in [0.1, 0.15) is 16.3 Å². The van der Waals surface area contributed by atoms with Crippen molar-refractivity contribution in [2.45, 2.75) is 26.4 Å². The molecular weight excluding hydrogens is 386 g/mol. The van der Waals surface area contributed by atoms with Crippen LogP contribution in [0.4, 0.5) is 5.00 Å². The number of rotatable bonds is 8. The number of carbonyl (C=O) groups is 2. The summed E-state index contributed by atoms with van der Waals surface area (Å²) in [6.07, 6.45) is -0.179. The van der Waals surface area contributed by atoms with Gasteiger partial charge < -0.3 is 14.8 Å². The number of benzene rings is 2. The highest BCUT2D eigenvalue weighted by Crippen LogP contribution is 2.36. The molecule has 3 aromatic rings. The number of ether oxygens (including phenoxy) is 2. The number of hydrogen-bond acceptors (Lipinski definition) is 5. The molecule has 29 heavy (non-hydrogen) atoms. The van der Waals surface area contributed by atoms with Gasteiger partial charge in [0.05, 0.1) is 6.61 Å². The Morgan fingerprint density at radius 3 is 2.28 bits per heavy atom. The summed E-state index contributed by atoms with van der Waals surface area (Å²) in [5, 5.41) is 5.18. The van der Waals surface area contributed by atoms with Gasteiger partial charge in [0.25, 0.3) is 5.91 Å². The van der Waals surface area contributed by atoms with Crippen LogP contribution >= 0.6 is 11.3 Å². The largest absolute Gasteiger partial charge is 0.481 e. The summed E-state index contributed by atoms with van der Waals surface area (Å²) in [4.78, 5) is 25.5. The average Bonchev–Trinajstić information content (AvgIpc) is 3.17. The molecule has 6 heteroatoms. The molecule has 1 unspecified atom stereocenters. The zero-order valence-electron chi connectivity index (χ0n) is 16.4. The number of esters is 1. The predicted octanol–water partition coefficient (Wildman–Crippen LogP) is 5.39. The molecule has 5 nitrogen and oxygen atoms in total. The van der Waals surface area contributed by atoms with E-state index in [-0.39, 0.29) is 12.5 Å². The van der Waals surface area contributed by atoms with Gasteiger partial charge in [-0.05, 0) is 31.0 Å². The molecule has 0 saturated heterocycles. The molecule has 1 atom stereocenters. The van der Waals surface area contributed by atoms with Crippen LogP contribution in [0.5, 0.6) is 5.75 Å². The Balaban J connectivity index is 1.86. The first-order chi connectivity index (χ1) is 14.1. The van der Waals surface area contributed by atoms with E-state index in [1.807, 2.05) is 60.8 Å². The molecule has 0 aliphatic rings. The van der Waals surface area contributed by atoms with Gasteiger partial charge in [-0.2, -0.15) is 0 Å². The van der Waals surface area contributed by atoms with Crippen molar-refractivity contribution in [1.29, 1.82) is 0 Å². The van der Waals surface area contributed by atoms with Crippen molar-refractivity contribution in [3.8, 4) is 16.9 Å². The summed E-state index contributed by atoms with van der Waals surface area (Å²) in [7, 11) is 0. The molecule has 150 valence electrons. The number of amides is 1. The Morgan fingerprint density at radius 1 is 1.00 bits per heavy atom. The monoisotopic (exact) mass is 409 g/mol. The fourth-order valence-corrected chi connectivity index (χ4v) is 3.82. The molecule has 0 spiro atoms. The standard InChI is InChI=1S/C23H23NO4S/c1-3-19(28-17-13-9-6-10-14-17)21(25)24-22-20(23(26)27-4-2)18(15-29-22)16-11-7-5-8-12-16/h5-15,19H,3-4H2,1-2H3,(H,24,25). The molecule has 1 amide bonds. The predicted molar refractivity (Wildman–Crippen MR) is 115 cm³/mol. The Labute approximate surface area is 174 Å². The number of nitrogens with one attached hydrogen (secondary N) is 1. The molecule has 0 aliphatic carbocycles. The molecule has 0 saturated carbocycles. The van der Waals surface area contributed by atoms with Crippen molar-refractivity contribution in [1.82, 2.24) is 0 Å². The van der Waals surface area contributed by atoms with Crippen LogP contribution in [0.25, 0.3) is 11.1 Å². The molecular formula is C23H23NO4S. The van der Waals surface area contributed by atoms with Crippen LogP contribution in [-0.4, -0.2) is 24.6 Å². The van der Waals surface area contributed by atoms with Crippen LogP contribution in [0.3, 0.4) is 0 Å². The summed E-state index contributed by atoms with van der Waals surface area (Å²) < 4.78 is 11.1. The molecule has 1 aromatic heterocycles. The third-order valence-electron chi connectivity index (χ3n) is 4.28. The van der Waals surface area contributed by atoms with E-state index >= 15 is 0 Å². The van der Waals surface area contributed by atoms with Crippen LogP contribution in [0.15, 0.2) is 66.0 Å². The highest BCUT2D eigenvalue weighted by atomic mass is 32.1. The number of anilines is 1. The van der Waals surface area contributed by atoms with Crippen molar-refractivity contribution in [2.75, 3.05) is 11.9 Å². The lowest BCUT2D eigenvalue weighted by Crippen LogP contribution is -2.32. The summed E-state index contributed by atoms with van der Waals surface area (Å²) >= 11 is 1.30. The Morgan fingerprint density at radius 2 is 1.66 bits per heavy atom. The second kappa shape index (κ2) is 9.89. The first-order valence-corrected chi connectivity index (χ1v) is 10.4. The lowest BCUT2D eigenvalue weighted by Gasteiger charge is -2.17. The van der Waals surface area contributed by atoms with Gasteiger partial charge in [-0.3, -0.25) is 4.79 Å². The fourth-order valence-electron chi connectivity index (χ4n) is 2.86. The van der Waals surface area contributed by atoms with E-state index in [0.717, 1.165) is 11.1 Å². The van der Waals surface area contributed by atoms with Gasteiger partial charge in [0.15, 0.2) is 6.10 Å². The van der Waals surface area contributed by atoms with Crippen molar-refractivity contribution >= 4 is 28.2 Å². The molecule has 0 bridgehead atoms. The van der Waals surface area contributed by atoms with Crippen LogP contribution in [-0.2, 0) is 9.53 Å². The highest BCUT2D eigenvalue weighted by molar-refractivity contribution is 7.15. The van der Waals surface area contributed by atoms with Gasteiger partial charge in [0.2, 0.25) is 0 Å². The lowest BCUT2D eigenvalue weighted by molar-refractivity contribution is -0.122. The minimum absolute atomic E-state index is 0.255. The Hall–Kier alpha value is -3.12. The molecule has 1 N–H and O–H groups in total. The third-order valence-corrected chi connectivity index (χ3v) is 5.17. The molecule has 0 radical (unpaired) electrons. The fraction of sp³-hybridized carbons (Fsp3) is 0.217. The van der Waals surface area contributed by atoms with E-state index in [9.17, 15) is 9.59 Å². The van der Waals surface area contributed by atoms with E-state index in [2.05, 4.69) is 5.32 Å². The van der Waals surface area contributed by atoms with Gasteiger partial charge in [-0.25, -0.2) is 4.79 Å². The zero-order valence-corrected chi connectivity index (χ0v) is 17.2. The Kier molecular flexibility index (Phi) is 7.03. The molecule has 2 aromatic carbocycles. The van der Waals surface area contributed by atoms with Crippen molar-refractivity contribution in [2.24, 2.45) is 0 Å². The first kappa shape index (κ1) is 20.6. The first-order valence-electron chi connectivity index (χ1n) is 9.50. The average molecular weight is 410 g/mol. The SMILES string of the molecule is CCOC(=O)c1c(-c2ccccc2)csc1NC(=O)C(CC)Oc1ccccc1. The van der Waals surface area contributed by atoms with Crippen LogP contribution in [0.2, 0.25) is 0 Å². The van der Waals surface area contributed by atoms with Crippen LogP contribution < -0.4 is 10.1 Å². The highest BCUT2D eigenvalue weighted by Gasteiger charge is 2.25. The zero-order chi connectivity index (χ0) is 20.6. The van der Waals surface area contributed by atoms with Gasteiger partial charge in [0, 0.05) is 10.9 Å². The van der Waals surface area contributed by atoms with Crippen molar-refractivity contribution in [3.63, 3.8) is 0 Å². The normalized spacial score (nSPS) is 11.5. The van der Waals surface area contributed by atoms with Crippen molar-refractivity contribution < 1.29 is 19.1 Å². The van der Waals surface area contributed by atoms with E-state index in [4.69, 9.17) is 9.47 Å². The summed E-state index contributed by atoms with van der Waals surface area (Å²) in [5.74, 6) is -0.139. The molecule has 3 rings (SSSR count). The number of thiophene rings is 1. The van der Waals surface area contributed by atoms with E-state index < -0.39 is 12.1 Å². The van der Waals surface area contributed by atoms with E-state index in [0.29, 0.717) is 22.7 Å². The lowest BCUT2D eigenvalue weighted by atomic mass is 10.0.